The lowest BCUT2D eigenvalue weighted by Gasteiger charge is -1.96. The highest BCUT2D eigenvalue weighted by Crippen LogP contribution is 2.08. The highest BCUT2D eigenvalue weighted by Gasteiger charge is 1.91. The van der Waals surface area contributed by atoms with E-state index in [1.807, 2.05) is 31.2 Å². The van der Waals surface area contributed by atoms with Crippen LogP contribution in [0.4, 0.5) is 0 Å². The van der Waals surface area contributed by atoms with Crippen molar-refractivity contribution < 1.29 is 4.79 Å². The maximum absolute atomic E-state index is 10.4. The monoisotopic (exact) mass is 161 g/mol. The summed E-state index contributed by atoms with van der Waals surface area (Å²) in [6, 6.07) is 7.81. The van der Waals surface area contributed by atoms with Crippen LogP contribution in [0.3, 0.4) is 0 Å². The summed E-state index contributed by atoms with van der Waals surface area (Å²) >= 11 is 0. The van der Waals surface area contributed by atoms with Crippen molar-refractivity contribution in [2.45, 2.75) is 6.92 Å². The van der Waals surface area contributed by atoms with Gasteiger partial charge in [0.2, 0.25) is 5.91 Å². The molecule has 1 aromatic rings. The molecule has 0 unspecified atom stereocenters. The molecule has 0 atom stereocenters. The zero-order chi connectivity index (χ0) is 8.97. The average Bonchev–Trinajstić information content (AvgIpc) is 2.03. The third-order valence-electron chi connectivity index (χ3n) is 1.62. The zero-order valence-corrected chi connectivity index (χ0v) is 6.95. The molecular formula is C10H11NO. The maximum atomic E-state index is 10.4. The summed E-state index contributed by atoms with van der Waals surface area (Å²) < 4.78 is 0. The van der Waals surface area contributed by atoms with Crippen LogP contribution in [0.1, 0.15) is 11.1 Å². The van der Waals surface area contributed by atoms with Gasteiger partial charge in [-0.2, -0.15) is 0 Å². The Kier molecular flexibility index (Phi) is 2.64. The van der Waals surface area contributed by atoms with Crippen LogP contribution >= 0.6 is 0 Å². The lowest BCUT2D eigenvalue weighted by atomic mass is 10.1. The van der Waals surface area contributed by atoms with Gasteiger partial charge in [0, 0.05) is 6.08 Å². The van der Waals surface area contributed by atoms with E-state index >= 15 is 0 Å². The number of aryl methyl sites for hydroxylation is 1. The minimum absolute atomic E-state index is 0.418. The molecule has 0 bridgehead atoms. The van der Waals surface area contributed by atoms with Crippen molar-refractivity contribution in [2.24, 2.45) is 5.73 Å². The highest BCUT2D eigenvalue weighted by atomic mass is 16.1. The fourth-order valence-corrected chi connectivity index (χ4v) is 0.946. The molecule has 0 spiro atoms. The Morgan fingerprint density at radius 3 is 2.67 bits per heavy atom. The summed E-state index contributed by atoms with van der Waals surface area (Å²) in [6.45, 7) is 1.99. The number of hydrogen-bond donors (Lipinski definition) is 1. The largest absolute Gasteiger partial charge is 0.366 e. The van der Waals surface area contributed by atoms with Crippen LogP contribution in [-0.2, 0) is 4.79 Å². The summed E-state index contributed by atoms with van der Waals surface area (Å²) in [4.78, 5) is 10.4. The van der Waals surface area contributed by atoms with Gasteiger partial charge in [-0.15, -0.1) is 0 Å². The molecule has 1 amide bonds. The molecule has 0 heterocycles. The van der Waals surface area contributed by atoms with Crippen LogP contribution < -0.4 is 5.73 Å². The van der Waals surface area contributed by atoms with Gasteiger partial charge in [0.25, 0.3) is 0 Å². The van der Waals surface area contributed by atoms with Gasteiger partial charge in [-0.3, -0.25) is 4.79 Å². The Morgan fingerprint density at radius 1 is 1.42 bits per heavy atom. The zero-order valence-electron chi connectivity index (χ0n) is 6.95. The fourth-order valence-electron chi connectivity index (χ4n) is 0.946. The first-order valence-electron chi connectivity index (χ1n) is 3.73. The van der Waals surface area contributed by atoms with Gasteiger partial charge >= 0.3 is 0 Å². The van der Waals surface area contributed by atoms with E-state index in [0.29, 0.717) is 0 Å². The van der Waals surface area contributed by atoms with E-state index < -0.39 is 5.91 Å². The molecular weight excluding hydrogens is 150 g/mol. The Bertz CT molecular complexity index is 315. The lowest BCUT2D eigenvalue weighted by Crippen LogP contribution is -2.05. The quantitative estimate of drug-likeness (QED) is 0.656. The number of primary amides is 1. The predicted molar refractivity (Wildman–Crippen MR) is 49.4 cm³/mol. The van der Waals surface area contributed by atoms with Crippen LogP contribution in [-0.4, -0.2) is 5.91 Å². The van der Waals surface area contributed by atoms with E-state index in [9.17, 15) is 4.79 Å². The third kappa shape index (κ3) is 2.23. The standard InChI is InChI=1S/C10H11NO/c1-8-4-2-3-5-9(8)6-7-10(11)12/h2-7H,1H3,(H2,11,12). The van der Waals surface area contributed by atoms with Gasteiger partial charge in [-0.05, 0) is 24.1 Å². The molecule has 1 rings (SSSR count). The predicted octanol–water partition coefficient (Wildman–Crippen LogP) is 1.49. The second-order valence-corrected chi connectivity index (χ2v) is 2.59. The lowest BCUT2D eigenvalue weighted by molar-refractivity contribution is -0.113. The normalized spacial score (nSPS) is 10.4. The summed E-state index contributed by atoms with van der Waals surface area (Å²) in [6.07, 6.45) is 3.08. The molecule has 0 aliphatic carbocycles. The van der Waals surface area contributed by atoms with Gasteiger partial charge in [-0.25, -0.2) is 0 Å². The molecule has 62 valence electrons. The Hall–Kier alpha value is -1.57. The fraction of sp³-hybridized carbons (Fsp3) is 0.100. The van der Waals surface area contributed by atoms with Crippen LogP contribution in [0, 0.1) is 6.92 Å². The molecule has 0 saturated carbocycles. The smallest absolute Gasteiger partial charge is 0.241 e. The number of benzene rings is 1. The first-order chi connectivity index (χ1) is 5.70. The Balaban J connectivity index is 2.89. The molecule has 2 N–H and O–H groups in total. The van der Waals surface area contributed by atoms with Crippen molar-refractivity contribution in [3.63, 3.8) is 0 Å². The average molecular weight is 161 g/mol. The second kappa shape index (κ2) is 3.72. The third-order valence-corrected chi connectivity index (χ3v) is 1.62. The molecule has 0 radical (unpaired) electrons. The van der Waals surface area contributed by atoms with Crippen molar-refractivity contribution >= 4 is 12.0 Å². The van der Waals surface area contributed by atoms with Gasteiger partial charge in [0.15, 0.2) is 0 Å². The van der Waals surface area contributed by atoms with Crippen molar-refractivity contribution in [1.82, 2.24) is 0 Å². The molecule has 2 heteroatoms. The number of nitrogens with two attached hydrogens (primary N) is 1. The van der Waals surface area contributed by atoms with Crippen LogP contribution in [0.15, 0.2) is 30.3 Å². The molecule has 2 nitrogen and oxygen atoms in total. The topological polar surface area (TPSA) is 43.1 Å². The van der Waals surface area contributed by atoms with Gasteiger partial charge in [0.1, 0.15) is 0 Å². The van der Waals surface area contributed by atoms with Crippen LogP contribution in [0.5, 0.6) is 0 Å². The van der Waals surface area contributed by atoms with Gasteiger partial charge in [0.05, 0.1) is 0 Å². The van der Waals surface area contributed by atoms with Gasteiger partial charge < -0.3 is 5.73 Å². The van der Waals surface area contributed by atoms with E-state index in [-0.39, 0.29) is 0 Å². The van der Waals surface area contributed by atoms with Crippen molar-refractivity contribution in [3.8, 4) is 0 Å². The Morgan fingerprint density at radius 2 is 2.08 bits per heavy atom. The highest BCUT2D eigenvalue weighted by molar-refractivity contribution is 5.90. The number of carbonyl (C=O) groups excluding carboxylic acids is 1. The summed E-state index contributed by atoms with van der Waals surface area (Å²) in [5.74, 6) is -0.418. The summed E-state index contributed by atoms with van der Waals surface area (Å²) in [5, 5.41) is 0. The summed E-state index contributed by atoms with van der Waals surface area (Å²) in [7, 11) is 0. The minimum atomic E-state index is -0.418. The summed E-state index contributed by atoms with van der Waals surface area (Å²) in [5.41, 5.74) is 7.12. The number of carbonyl (C=O) groups is 1. The molecule has 0 aliphatic rings. The molecule has 0 aromatic heterocycles. The molecule has 0 aliphatic heterocycles. The van der Waals surface area contributed by atoms with Crippen molar-refractivity contribution in [2.75, 3.05) is 0 Å². The number of rotatable bonds is 2. The first kappa shape index (κ1) is 8.53. The second-order valence-electron chi connectivity index (χ2n) is 2.59. The number of hydrogen-bond acceptors (Lipinski definition) is 1. The van der Waals surface area contributed by atoms with Crippen molar-refractivity contribution in [3.05, 3.63) is 41.5 Å². The van der Waals surface area contributed by atoms with E-state index in [1.165, 1.54) is 6.08 Å². The van der Waals surface area contributed by atoms with E-state index in [0.717, 1.165) is 11.1 Å². The number of amides is 1. The molecule has 0 saturated heterocycles. The van der Waals surface area contributed by atoms with E-state index in [4.69, 9.17) is 5.73 Å². The molecule has 1 aromatic carbocycles. The van der Waals surface area contributed by atoms with E-state index in [2.05, 4.69) is 0 Å². The molecule has 12 heavy (non-hydrogen) atoms. The van der Waals surface area contributed by atoms with E-state index in [1.54, 1.807) is 6.08 Å². The van der Waals surface area contributed by atoms with Crippen LogP contribution in [0.2, 0.25) is 0 Å². The Labute approximate surface area is 71.7 Å². The SMILES string of the molecule is Cc1ccccc1C=CC(N)=O. The maximum Gasteiger partial charge on any atom is 0.241 e. The first-order valence-corrected chi connectivity index (χ1v) is 3.73. The molecule has 0 fully saturated rings. The van der Waals surface area contributed by atoms with Crippen LogP contribution in [0.25, 0.3) is 6.08 Å². The van der Waals surface area contributed by atoms with Crippen molar-refractivity contribution in [1.29, 1.82) is 0 Å². The minimum Gasteiger partial charge on any atom is -0.366 e. The van der Waals surface area contributed by atoms with Gasteiger partial charge in [-0.1, -0.05) is 24.3 Å².